The highest BCUT2D eigenvalue weighted by molar-refractivity contribution is 7.91. The lowest BCUT2D eigenvalue weighted by Gasteiger charge is -2.27. The molecule has 7 nitrogen and oxygen atoms in total. The van der Waals surface area contributed by atoms with E-state index in [1.165, 1.54) is 12.3 Å². The molecular formula is C20H23NO6S. The van der Waals surface area contributed by atoms with Crippen molar-refractivity contribution in [3.05, 3.63) is 54.0 Å². The van der Waals surface area contributed by atoms with E-state index >= 15 is 0 Å². The number of hydrogen-bond donors (Lipinski definition) is 0. The number of hydrogen-bond acceptors (Lipinski definition) is 6. The van der Waals surface area contributed by atoms with Crippen LogP contribution in [0.4, 0.5) is 0 Å². The molecule has 0 unspecified atom stereocenters. The first-order valence-corrected chi connectivity index (χ1v) is 10.7. The third kappa shape index (κ3) is 4.75. The first kappa shape index (κ1) is 20.0. The zero-order valence-corrected chi connectivity index (χ0v) is 16.6. The number of sulfone groups is 1. The minimum absolute atomic E-state index is 0.0272. The van der Waals surface area contributed by atoms with E-state index in [1.54, 1.807) is 49.5 Å². The minimum Gasteiger partial charge on any atom is -0.493 e. The highest BCUT2D eigenvalue weighted by Gasteiger charge is 2.34. The van der Waals surface area contributed by atoms with E-state index in [1.807, 2.05) is 6.07 Å². The normalized spacial score (nSPS) is 18.3. The Bertz CT molecular complexity index is 949. The number of amides is 1. The fourth-order valence-electron chi connectivity index (χ4n) is 3.22. The molecule has 0 spiro atoms. The summed E-state index contributed by atoms with van der Waals surface area (Å²) in [6.07, 6.45) is 4.93. The molecule has 1 atom stereocenters. The molecular weight excluding hydrogens is 382 g/mol. The van der Waals surface area contributed by atoms with E-state index in [2.05, 4.69) is 0 Å². The van der Waals surface area contributed by atoms with E-state index in [0.29, 0.717) is 23.7 Å². The van der Waals surface area contributed by atoms with Gasteiger partial charge in [-0.15, -0.1) is 0 Å². The summed E-state index contributed by atoms with van der Waals surface area (Å²) in [4.78, 5) is 14.5. The van der Waals surface area contributed by atoms with Crippen molar-refractivity contribution in [2.24, 2.45) is 0 Å². The number of methoxy groups -OCH3 is 2. The summed E-state index contributed by atoms with van der Waals surface area (Å²) >= 11 is 0. The van der Waals surface area contributed by atoms with Crippen LogP contribution in [0.2, 0.25) is 0 Å². The number of ether oxygens (including phenoxy) is 2. The van der Waals surface area contributed by atoms with Crippen LogP contribution < -0.4 is 9.47 Å². The molecule has 0 aliphatic carbocycles. The van der Waals surface area contributed by atoms with Crippen LogP contribution in [0.15, 0.2) is 47.1 Å². The molecule has 0 bridgehead atoms. The number of rotatable bonds is 7. The van der Waals surface area contributed by atoms with Crippen LogP contribution in [0.1, 0.15) is 17.7 Å². The summed E-state index contributed by atoms with van der Waals surface area (Å²) in [6, 6.07) is 8.49. The maximum absolute atomic E-state index is 12.9. The van der Waals surface area contributed by atoms with Crippen molar-refractivity contribution >= 4 is 21.8 Å². The maximum Gasteiger partial charge on any atom is 0.247 e. The Kier molecular flexibility index (Phi) is 6.08. The Morgan fingerprint density at radius 2 is 2.04 bits per heavy atom. The van der Waals surface area contributed by atoms with Gasteiger partial charge in [0, 0.05) is 18.7 Å². The molecule has 1 fully saturated rings. The molecule has 0 N–H and O–H groups in total. The average molecular weight is 405 g/mol. The third-order valence-electron chi connectivity index (χ3n) is 4.67. The van der Waals surface area contributed by atoms with Crippen molar-refractivity contribution in [1.29, 1.82) is 0 Å². The summed E-state index contributed by atoms with van der Waals surface area (Å²) in [5.41, 5.74) is 0.821. The zero-order chi connectivity index (χ0) is 20.1. The molecule has 28 heavy (non-hydrogen) atoms. The predicted molar refractivity (Wildman–Crippen MR) is 105 cm³/mol. The largest absolute Gasteiger partial charge is 0.493 e. The number of carbonyl (C=O) groups is 1. The Labute approximate surface area is 164 Å². The molecule has 1 aliphatic rings. The van der Waals surface area contributed by atoms with E-state index in [0.717, 1.165) is 5.56 Å². The van der Waals surface area contributed by atoms with Crippen molar-refractivity contribution < 1.29 is 27.1 Å². The van der Waals surface area contributed by atoms with Crippen LogP contribution in [-0.4, -0.2) is 51.0 Å². The minimum atomic E-state index is -3.13. The topological polar surface area (TPSA) is 86.0 Å². The Morgan fingerprint density at radius 1 is 1.25 bits per heavy atom. The summed E-state index contributed by atoms with van der Waals surface area (Å²) < 4.78 is 39.7. The van der Waals surface area contributed by atoms with Crippen molar-refractivity contribution in [1.82, 2.24) is 4.90 Å². The van der Waals surface area contributed by atoms with Crippen LogP contribution in [0.3, 0.4) is 0 Å². The molecule has 2 heterocycles. The molecule has 0 radical (unpaired) electrons. The second kappa shape index (κ2) is 8.52. The lowest BCUT2D eigenvalue weighted by atomic mass is 10.1. The highest BCUT2D eigenvalue weighted by Crippen LogP contribution is 2.29. The van der Waals surface area contributed by atoms with Crippen LogP contribution >= 0.6 is 0 Å². The molecule has 1 aliphatic heterocycles. The highest BCUT2D eigenvalue weighted by atomic mass is 32.2. The zero-order valence-electron chi connectivity index (χ0n) is 15.8. The van der Waals surface area contributed by atoms with E-state index in [4.69, 9.17) is 13.9 Å². The summed E-state index contributed by atoms with van der Waals surface area (Å²) in [5.74, 6) is 1.49. The number of carbonyl (C=O) groups excluding carboxylic acids is 1. The van der Waals surface area contributed by atoms with Gasteiger partial charge in [0.2, 0.25) is 5.91 Å². The summed E-state index contributed by atoms with van der Waals surface area (Å²) in [6.45, 7) is 0.266. The van der Waals surface area contributed by atoms with Crippen LogP contribution in [0, 0.1) is 0 Å². The van der Waals surface area contributed by atoms with Crippen molar-refractivity contribution in [3.63, 3.8) is 0 Å². The smallest absolute Gasteiger partial charge is 0.247 e. The standard InChI is InChI=1S/C20H23NO6S/c1-25-18-7-5-15(12-19(18)26-2)13-21(16-9-11-28(23,24)14-16)20(22)8-6-17-4-3-10-27-17/h3-8,10,12,16H,9,11,13-14H2,1-2H3/b8-6+/t16-/m0/s1. The van der Waals surface area contributed by atoms with Gasteiger partial charge in [0.1, 0.15) is 5.76 Å². The van der Waals surface area contributed by atoms with Gasteiger partial charge in [0.25, 0.3) is 0 Å². The summed E-state index contributed by atoms with van der Waals surface area (Å²) in [7, 11) is -0.0355. The Balaban J connectivity index is 1.85. The predicted octanol–water partition coefficient (Wildman–Crippen LogP) is 2.53. The van der Waals surface area contributed by atoms with Crippen LogP contribution in [0.25, 0.3) is 6.08 Å². The molecule has 8 heteroatoms. The van der Waals surface area contributed by atoms with Crippen LogP contribution in [-0.2, 0) is 21.2 Å². The monoisotopic (exact) mass is 405 g/mol. The first-order valence-electron chi connectivity index (χ1n) is 8.85. The lowest BCUT2D eigenvalue weighted by molar-refractivity contribution is -0.128. The summed E-state index contributed by atoms with van der Waals surface area (Å²) in [5, 5.41) is 0. The van der Waals surface area contributed by atoms with Gasteiger partial charge in [-0.05, 0) is 42.3 Å². The maximum atomic E-state index is 12.9. The fraction of sp³-hybridized carbons (Fsp3) is 0.350. The first-order chi connectivity index (χ1) is 13.4. The van der Waals surface area contributed by atoms with Gasteiger partial charge < -0.3 is 18.8 Å². The number of furan rings is 1. The molecule has 2 aromatic rings. The Morgan fingerprint density at radius 3 is 2.64 bits per heavy atom. The van der Waals surface area contributed by atoms with E-state index in [9.17, 15) is 13.2 Å². The molecule has 1 amide bonds. The molecule has 0 saturated carbocycles. The SMILES string of the molecule is COc1ccc(CN(C(=O)/C=C/c2ccco2)[C@H]2CCS(=O)(=O)C2)cc1OC. The number of benzene rings is 1. The van der Waals surface area contributed by atoms with Gasteiger partial charge in [0.05, 0.1) is 32.0 Å². The van der Waals surface area contributed by atoms with E-state index in [-0.39, 0.29) is 30.0 Å². The van der Waals surface area contributed by atoms with Gasteiger partial charge in [-0.3, -0.25) is 4.79 Å². The second-order valence-corrected chi connectivity index (χ2v) is 8.79. The van der Waals surface area contributed by atoms with Crippen molar-refractivity contribution in [3.8, 4) is 11.5 Å². The third-order valence-corrected chi connectivity index (χ3v) is 6.42. The quantitative estimate of drug-likeness (QED) is 0.658. The molecule has 1 aromatic heterocycles. The fourth-order valence-corrected chi connectivity index (χ4v) is 4.95. The number of nitrogens with zero attached hydrogens (tertiary/aromatic N) is 1. The van der Waals surface area contributed by atoms with E-state index < -0.39 is 9.84 Å². The lowest BCUT2D eigenvalue weighted by Crippen LogP contribution is -2.39. The second-order valence-electron chi connectivity index (χ2n) is 6.56. The van der Waals surface area contributed by atoms with Gasteiger partial charge >= 0.3 is 0 Å². The van der Waals surface area contributed by atoms with Gasteiger partial charge in [-0.25, -0.2) is 8.42 Å². The van der Waals surface area contributed by atoms with Crippen LogP contribution in [0.5, 0.6) is 11.5 Å². The Hall–Kier alpha value is -2.74. The van der Waals surface area contributed by atoms with Crippen molar-refractivity contribution in [2.75, 3.05) is 25.7 Å². The molecule has 1 aromatic carbocycles. The van der Waals surface area contributed by atoms with Gasteiger partial charge in [0.15, 0.2) is 21.3 Å². The molecule has 1 saturated heterocycles. The molecule has 150 valence electrons. The van der Waals surface area contributed by atoms with Gasteiger partial charge in [-0.1, -0.05) is 6.07 Å². The molecule has 3 rings (SSSR count). The van der Waals surface area contributed by atoms with Gasteiger partial charge in [-0.2, -0.15) is 0 Å². The average Bonchev–Trinajstić information content (AvgIpc) is 3.33. The van der Waals surface area contributed by atoms with Crippen molar-refractivity contribution in [2.45, 2.75) is 19.0 Å².